The van der Waals surface area contributed by atoms with Crippen LogP contribution >= 0.6 is 23.4 Å². The second-order valence-corrected chi connectivity index (χ2v) is 10.1. The lowest BCUT2D eigenvalue weighted by atomic mass is 9.99. The van der Waals surface area contributed by atoms with E-state index >= 15 is 0 Å². The van der Waals surface area contributed by atoms with Gasteiger partial charge in [0.15, 0.2) is 5.17 Å². The number of hydrogen-bond donors (Lipinski definition) is 1. The van der Waals surface area contributed by atoms with Crippen molar-refractivity contribution in [2.45, 2.75) is 24.1 Å². The van der Waals surface area contributed by atoms with Crippen molar-refractivity contribution in [2.24, 2.45) is 10.1 Å². The molecule has 2 atom stereocenters. The summed E-state index contributed by atoms with van der Waals surface area (Å²) < 4.78 is 18.6. The van der Waals surface area contributed by atoms with E-state index in [-0.39, 0.29) is 30.1 Å². The Labute approximate surface area is 222 Å². The molecule has 1 N–H and O–H groups in total. The number of nitrogens with zero attached hydrogens (tertiary/aromatic N) is 3. The number of nitrogens with one attached hydrogen (secondary N) is 1. The predicted molar refractivity (Wildman–Crippen MR) is 144 cm³/mol. The topological polar surface area (TPSA) is 83.4 Å². The van der Waals surface area contributed by atoms with Gasteiger partial charge in [0.05, 0.1) is 18.9 Å². The number of carbonyl (C=O) groups is 2. The minimum atomic E-state index is -0.663. The fourth-order valence-electron chi connectivity index (χ4n) is 4.11. The molecule has 3 aromatic rings. The lowest BCUT2D eigenvalue weighted by Gasteiger charge is -2.23. The van der Waals surface area contributed by atoms with E-state index in [1.54, 1.807) is 60.6 Å². The Bertz CT molecular complexity index is 1380. The second kappa shape index (κ2) is 10.7. The highest BCUT2D eigenvalue weighted by atomic mass is 35.5. The quantitative estimate of drug-likeness (QED) is 0.439. The number of ether oxygens (including phenoxy) is 1. The molecule has 0 saturated carbocycles. The number of hydrazone groups is 1. The predicted octanol–water partition coefficient (Wildman–Crippen LogP) is 5.67. The molecule has 10 heteroatoms. The first-order valence-corrected chi connectivity index (χ1v) is 12.8. The Morgan fingerprint density at radius 3 is 2.49 bits per heavy atom. The molecule has 0 fully saturated rings. The standard InChI is InChI=1S/C27H22ClFN4O3S/c1-36-21-12-10-20(11-13-21)30-25(34)15-24-26(35)31-27(37-24)33-23(17-2-6-18(28)7-3-17)14-22(32-33)16-4-8-19(29)9-5-16/h2-13,23-24H,14-15H2,1H3,(H,30,34). The van der Waals surface area contributed by atoms with Gasteiger partial charge >= 0.3 is 0 Å². The third kappa shape index (κ3) is 5.68. The maximum absolute atomic E-state index is 13.5. The molecule has 0 saturated heterocycles. The number of halogens is 2. The second-order valence-electron chi connectivity index (χ2n) is 8.49. The molecule has 2 amide bonds. The third-order valence-electron chi connectivity index (χ3n) is 6.01. The Morgan fingerprint density at radius 2 is 1.81 bits per heavy atom. The van der Waals surface area contributed by atoms with Crippen molar-refractivity contribution < 1.29 is 18.7 Å². The summed E-state index contributed by atoms with van der Waals surface area (Å²) in [7, 11) is 1.57. The number of anilines is 1. The number of carbonyl (C=O) groups excluding carboxylic acids is 2. The molecular weight excluding hydrogens is 515 g/mol. The molecule has 2 heterocycles. The number of hydrogen-bond acceptors (Lipinski definition) is 6. The van der Waals surface area contributed by atoms with Gasteiger partial charge in [0.25, 0.3) is 5.91 Å². The average Bonchev–Trinajstić information content (AvgIpc) is 3.49. The normalized spacial score (nSPS) is 19.0. The minimum Gasteiger partial charge on any atom is -0.497 e. The molecule has 2 aliphatic heterocycles. The number of benzene rings is 3. The minimum absolute atomic E-state index is 0.0312. The average molecular weight is 537 g/mol. The molecule has 37 heavy (non-hydrogen) atoms. The molecule has 5 rings (SSSR count). The number of aliphatic imine (C=N–C) groups is 1. The van der Waals surface area contributed by atoms with Crippen LogP contribution in [0.2, 0.25) is 5.02 Å². The van der Waals surface area contributed by atoms with Crippen molar-refractivity contribution in [1.82, 2.24) is 5.01 Å². The molecule has 0 radical (unpaired) electrons. The van der Waals surface area contributed by atoms with Gasteiger partial charge in [-0.3, -0.25) is 9.59 Å². The van der Waals surface area contributed by atoms with Gasteiger partial charge in [-0.05, 0) is 59.7 Å². The van der Waals surface area contributed by atoms with E-state index in [1.807, 2.05) is 12.1 Å². The van der Waals surface area contributed by atoms with Gasteiger partial charge in [0.1, 0.15) is 16.8 Å². The number of methoxy groups -OCH3 is 1. The number of rotatable bonds is 6. The van der Waals surface area contributed by atoms with Crippen LogP contribution in [-0.2, 0) is 9.59 Å². The van der Waals surface area contributed by atoms with E-state index in [2.05, 4.69) is 10.3 Å². The van der Waals surface area contributed by atoms with Crippen LogP contribution in [0.3, 0.4) is 0 Å². The van der Waals surface area contributed by atoms with Crippen LogP contribution in [0, 0.1) is 5.82 Å². The van der Waals surface area contributed by atoms with Crippen LogP contribution in [0.4, 0.5) is 10.1 Å². The van der Waals surface area contributed by atoms with Gasteiger partial charge in [0, 0.05) is 23.6 Å². The fraction of sp³-hybridized carbons (Fsp3) is 0.185. The molecule has 2 aliphatic rings. The van der Waals surface area contributed by atoms with Crippen LogP contribution in [0.5, 0.6) is 5.75 Å². The number of amidine groups is 1. The van der Waals surface area contributed by atoms with Crippen LogP contribution < -0.4 is 10.1 Å². The zero-order valence-electron chi connectivity index (χ0n) is 19.7. The van der Waals surface area contributed by atoms with E-state index in [9.17, 15) is 14.0 Å². The van der Waals surface area contributed by atoms with E-state index in [0.29, 0.717) is 28.0 Å². The summed E-state index contributed by atoms with van der Waals surface area (Å²) in [5.74, 6) is -0.326. The molecule has 0 aliphatic carbocycles. The van der Waals surface area contributed by atoms with Crippen LogP contribution in [0.1, 0.15) is 30.0 Å². The van der Waals surface area contributed by atoms with Crippen molar-refractivity contribution in [2.75, 3.05) is 12.4 Å². The number of thioether (sulfide) groups is 1. The van der Waals surface area contributed by atoms with E-state index in [0.717, 1.165) is 16.8 Å². The highest BCUT2D eigenvalue weighted by Crippen LogP contribution is 2.39. The lowest BCUT2D eigenvalue weighted by molar-refractivity contribution is -0.121. The summed E-state index contributed by atoms with van der Waals surface area (Å²) in [6, 6.07) is 20.3. The van der Waals surface area contributed by atoms with Gasteiger partial charge in [-0.25, -0.2) is 9.40 Å². The highest BCUT2D eigenvalue weighted by Gasteiger charge is 2.39. The first-order chi connectivity index (χ1) is 17.9. The van der Waals surface area contributed by atoms with Gasteiger partial charge < -0.3 is 10.1 Å². The van der Waals surface area contributed by atoms with E-state index < -0.39 is 5.25 Å². The summed E-state index contributed by atoms with van der Waals surface area (Å²) in [6.45, 7) is 0. The van der Waals surface area contributed by atoms with Crippen LogP contribution in [0.15, 0.2) is 82.9 Å². The summed E-state index contributed by atoms with van der Waals surface area (Å²) >= 11 is 7.30. The van der Waals surface area contributed by atoms with Crippen molar-refractivity contribution >= 4 is 51.7 Å². The van der Waals surface area contributed by atoms with Gasteiger partial charge in [-0.1, -0.05) is 47.6 Å². The first-order valence-electron chi connectivity index (χ1n) is 11.5. The van der Waals surface area contributed by atoms with Gasteiger partial charge in [-0.2, -0.15) is 10.1 Å². The van der Waals surface area contributed by atoms with Gasteiger partial charge in [0.2, 0.25) is 5.91 Å². The van der Waals surface area contributed by atoms with Crippen molar-refractivity contribution in [3.63, 3.8) is 0 Å². The monoisotopic (exact) mass is 536 g/mol. The van der Waals surface area contributed by atoms with Crippen LogP contribution in [-0.4, -0.2) is 40.1 Å². The Balaban J connectivity index is 1.33. The van der Waals surface area contributed by atoms with E-state index in [1.165, 1.54) is 23.9 Å². The first kappa shape index (κ1) is 25.0. The SMILES string of the molecule is COc1ccc(NC(=O)CC2SC(N3N=C(c4ccc(F)cc4)CC3c3ccc(Cl)cc3)=NC2=O)cc1. The number of amides is 2. The Hall–Kier alpha value is -3.69. The largest absolute Gasteiger partial charge is 0.497 e. The Kier molecular flexibility index (Phi) is 7.25. The molecule has 0 aromatic heterocycles. The molecule has 0 bridgehead atoms. The molecule has 188 valence electrons. The molecule has 7 nitrogen and oxygen atoms in total. The lowest BCUT2D eigenvalue weighted by Crippen LogP contribution is -2.25. The van der Waals surface area contributed by atoms with Crippen LogP contribution in [0.25, 0.3) is 0 Å². The summed E-state index contributed by atoms with van der Waals surface area (Å²) in [6.07, 6.45) is 0.500. The summed E-state index contributed by atoms with van der Waals surface area (Å²) in [4.78, 5) is 29.6. The molecule has 0 spiro atoms. The maximum Gasteiger partial charge on any atom is 0.262 e. The maximum atomic E-state index is 13.5. The fourth-order valence-corrected chi connectivity index (χ4v) is 5.29. The van der Waals surface area contributed by atoms with Crippen molar-refractivity contribution in [3.8, 4) is 5.75 Å². The Morgan fingerprint density at radius 1 is 1.11 bits per heavy atom. The third-order valence-corrected chi connectivity index (χ3v) is 7.41. The van der Waals surface area contributed by atoms with E-state index in [4.69, 9.17) is 21.4 Å². The molecule has 3 aromatic carbocycles. The molecule has 2 unspecified atom stereocenters. The summed E-state index contributed by atoms with van der Waals surface area (Å²) in [5, 5.41) is 9.65. The molecular formula is C27H22ClFN4O3S. The zero-order chi connectivity index (χ0) is 25.9. The zero-order valence-corrected chi connectivity index (χ0v) is 21.3. The summed E-state index contributed by atoms with van der Waals surface area (Å²) in [5.41, 5.74) is 3.09. The highest BCUT2D eigenvalue weighted by molar-refractivity contribution is 8.15. The van der Waals surface area contributed by atoms with Crippen molar-refractivity contribution in [1.29, 1.82) is 0 Å². The smallest absolute Gasteiger partial charge is 0.262 e. The van der Waals surface area contributed by atoms with Crippen molar-refractivity contribution in [3.05, 3.63) is 94.8 Å². The van der Waals surface area contributed by atoms with Gasteiger partial charge in [-0.15, -0.1) is 0 Å².